The molecule has 1 amide bonds. The van der Waals surface area contributed by atoms with Crippen molar-refractivity contribution in [3.05, 3.63) is 35.6 Å². The molecule has 5 heteroatoms. The van der Waals surface area contributed by atoms with Crippen LogP contribution in [-0.4, -0.2) is 30.4 Å². The Hall–Kier alpha value is -1.13. The lowest BCUT2D eigenvalue weighted by Gasteiger charge is -2.27. The smallest absolute Gasteiger partial charge is 0.239 e. The van der Waals surface area contributed by atoms with Crippen LogP contribution < -0.4 is 5.32 Å². The van der Waals surface area contributed by atoms with Crippen LogP contribution >= 0.6 is 12.4 Å². The lowest BCUT2D eigenvalue weighted by atomic mass is 10.0. The van der Waals surface area contributed by atoms with Gasteiger partial charge in [-0.3, -0.25) is 4.79 Å². The molecule has 0 unspecified atom stereocenters. The highest BCUT2D eigenvalue weighted by Crippen LogP contribution is 2.13. The number of carbonyl (C=O) groups is 1. The van der Waals surface area contributed by atoms with Gasteiger partial charge >= 0.3 is 0 Å². The topological polar surface area (TPSA) is 32.3 Å². The summed E-state index contributed by atoms with van der Waals surface area (Å²) in [6, 6.07) is 6.48. The summed E-state index contributed by atoms with van der Waals surface area (Å²) in [4.78, 5) is 13.8. The van der Waals surface area contributed by atoms with Gasteiger partial charge in [0.05, 0.1) is 6.04 Å². The predicted octanol–water partition coefficient (Wildman–Crippen LogP) is 2.35. The van der Waals surface area contributed by atoms with E-state index < -0.39 is 0 Å². The van der Waals surface area contributed by atoms with Gasteiger partial charge in [0.2, 0.25) is 5.91 Å². The van der Waals surface area contributed by atoms with E-state index in [-0.39, 0.29) is 30.2 Å². The molecule has 0 aliphatic carbocycles. The first-order valence-corrected chi connectivity index (χ1v) is 6.40. The third kappa shape index (κ3) is 4.18. The van der Waals surface area contributed by atoms with Crippen LogP contribution in [0.3, 0.4) is 0 Å². The van der Waals surface area contributed by atoms with Crippen molar-refractivity contribution < 1.29 is 9.18 Å². The molecule has 1 heterocycles. The summed E-state index contributed by atoms with van der Waals surface area (Å²) in [5, 5.41) is 3.22. The first kappa shape index (κ1) is 15.9. The number of amides is 1. The Balaban J connectivity index is 0.00000180. The van der Waals surface area contributed by atoms with E-state index in [1.165, 1.54) is 6.07 Å². The van der Waals surface area contributed by atoms with Crippen molar-refractivity contribution in [1.29, 1.82) is 0 Å². The van der Waals surface area contributed by atoms with E-state index in [9.17, 15) is 9.18 Å². The number of carbonyl (C=O) groups excluding carboxylic acids is 1. The number of hydrogen-bond acceptors (Lipinski definition) is 2. The van der Waals surface area contributed by atoms with Crippen LogP contribution in [0.5, 0.6) is 0 Å². The molecule has 19 heavy (non-hydrogen) atoms. The van der Waals surface area contributed by atoms with Crippen LogP contribution in [0.4, 0.5) is 4.39 Å². The zero-order valence-electron chi connectivity index (χ0n) is 11.1. The molecule has 1 aromatic rings. The lowest BCUT2D eigenvalue weighted by molar-refractivity contribution is -0.133. The minimum atomic E-state index is -0.256. The van der Waals surface area contributed by atoms with E-state index in [1.807, 2.05) is 0 Å². The van der Waals surface area contributed by atoms with Crippen LogP contribution in [0.15, 0.2) is 24.3 Å². The quantitative estimate of drug-likeness (QED) is 0.925. The largest absolute Gasteiger partial charge is 0.340 e. The Bertz CT molecular complexity index is 422. The van der Waals surface area contributed by atoms with E-state index in [0.717, 1.165) is 25.8 Å². The molecule has 1 aromatic carbocycles. The van der Waals surface area contributed by atoms with Gasteiger partial charge in [-0.05, 0) is 25.5 Å². The van der Waals surface area contributed by atoms with E-state index in [4.69, 9.17) is 0 Å². The zero-order chi connectivity index (χ0) is 13.0. The van der Waals surface area contributed by atoms with E-state index in [1.54, 1.807) is 30.1 Å². The van der Waals surface area contributed by atoms with Crippen LogP contribution in [0.1, 0.15) is 24.8 Å². The Kier molecular flexibility index (Phi) is 6.25. The zero-order valence-corrected chi connectivity index (χ0v) is 11.9. The molecule has 0 bridgehead atoms. The third-order valence-electron chi connectivity index (χ3n) is 3.35. The number of benzene rings is 1. The van der Waals surface area contributed by atoms with Crippen LogP contribution in [0.2, 0.25) is 0 Å². The fourth-order valence-corrected chi connectivity index (χ4v) is 2.29. The van der Waals surface area contributed by atoms with Gasteiger partial charge in [-0.25, -0.2) is 4.39 Å². The summed E-state index contributed by atoms with van der Waals surface area (Å²) in [6.07, 6.45) is 3.08. The molecule has 1 N–H and O–H groups in total. The molecule has 1 fully saturated rings. The molecule has 2 rings (SSSR count). The molecule has 0 spiro atoms. The highest BCUT2D eigenvalue weighted by Gasteiger charge is 2.23. The molecule has 0 saturated carbocycles. The van der Waals surface area contributed by atoms with Gasteiger partial charge in [0.15, 0.2) is 0 Å². The van der Waals surface area contributed by atoms with Gasteiger partial charge < -0.3 is 10.2 Å². The minimum absolute atomic E-state index is 0. The van der Waals surface area contributed by atoms with Crippen molar-refractivity contribution in [3.63, 3.8) is 0 Å². The van der Waals surface area contributed by atoms with Gasteiger partial charge in [-0.15, -0.1) is 12.4 Å². The Morgan fingerprint density at radius 3 is 2.79 bits per heavy atom. The van der Waals surface area contributed by atoms with Crippen molar-refractivity contribution in [2.45, 2.75) is 31.8 Å². The first-order chi connectivity index (χ1) is 8.68. The van der Waals surface area contributed by atoms with Crippen molar-refractivity contribution in [2.24, 2.45) is 0 Å². The van der Waals surface area contributed by atoms with E-state index in [0.29, 0.717) is 12.1 Å². The molecule has 1 saturated heterocycles. The molecule has 1 atom stereocenters. The lowest BCUT2D eigenvalue weighted by Crippen LogP contribution is -2.47. The Labute approximate surface area is 119 Å². The highest BCUT2D eigenvalue weighted by molar-refractivity contribution is 5.85. The summed E-state index contributed by atoms with van der Waals surface area (Å²) in [7, 11) is 1.73. The van der Waals surface area contributed by atoms with E-state index >= 15 is 0 Å². The second-order valence-electron chi connectivity index (χ2n) is 4.79. The molecule has 106 valence electrons. The van der Waals surface area contributed by atoms with Crippen LogP contribution in [0.25, 0.3) is 0 Å². The SMILES string of the molecule is CN(Cc1ccccc1F)C(=O)[C@@H]1CCCCN1.Cl. The van der Waals surface area contributed by atoms with Gasteiger partial charge in [0.25, 0.3) is 0 Å². The molecular formula is C14H20ClFN2O. The van der Waals surface area contributed by atoms with Crippen molar-refractivity contribution in [2.75, 3.05) is 13.6 Å². The fourth-order valence-electron chi connectivity index (χ4n) is 2.29. The maximum Gasteiger partial charge on any atom is 0.239 e. The van der Waals surface area contributed by atoms with Gasteiger partial charge in [0, 0.05) is 19.2 Å². The maximum absolute atomic E-state index is 13.5. The summed E-state index contributed by atoms with van der Waals surface area (Å²) >= 11 is 0. The summed E-state index contributed by atoms with van der Waals surface area (Å²) in [5.74, 6) is -0.202. The molecule has 3 nitrogen and oxygen atoms in total. The average Bonchev–Trinajstić information content (AvgIpc) is 2.41. The molecule has 1 aliphatic rings. The fraction of sp³-hybridized carbons (Fsp3) is 0.500. The van der Waals surface area contributed by atoms with Gasteiger partial charge in [-0.2, -0.15) is 0 Å². The first-order valence-electron chi connectivity index (χ1n) is 6.40. The van der Waals surface area contributed by atoms with Gasteiger partial charge in [-0.1, -0.05) is 24.6 Å². The monoisotopic (exact) mass is 286 g/mol. The Morgan fingerprint density at radius 2 is 2.16 bits per heavy atom. The standard InChI is InChI=1S/C14H19FN2O.ClH/c1-17(10-11-6-2-3-7-12(11)15)14(18)13-8-4-5-9-16-13;/h2-3,6-7,13,16H,4-5,8-10H2,1H3;1H/t13-;/m0./s1. The molecule has 0 aromatic heterocycles. The third-order valence-corrected chi connectivity index (χ3v) is 3.35. The van der Waals surface area contributed by atoms with Gasteiger partial charge in [0.1, 0.15) is 5.82 Å². The second kappa shape index (κ2) is 7.46. The summed E-state index contributed by atoms with van der Waals surface area (Å²) in [6.45, 7) is 1.22. The number of piperidine rings is 1. The van der Waals surface area contributed by atoms with E-state index in [2.05, 4.69) is 5.32 Å². The second-order valence-corrected chi connectivity index (χ2v) is 4.79. The maximum atomic E-state index is 13.5. The predicted molar refractivity (Wildman–Crippen MR) is 75.8 cm³/mol. The number of likely N-dealkylation sites (N-methyl/N-ethyl adjacent to an activating group) is 1. The Morgan fingerprint density at radius 1 is 1.42 bits per heavy atom. The number of halogens is 2. The molecule has 1 aliphatic heterocycles. The number of rotatable bonds is 3. The number of hydrogen-bond donors (Lipinski definition) is 1. The number of nitrogens with one attached hydrogen (secondary N) is 1. The van der Waals surface area contributed by atoms with Crippen LogP contribution in [-0.2, 0) is 11.3 Å². The number of nitrogens with zero attached hydrogens (tertiary/aromatic N) is 1. The molecular weight excluding hydrogens is 267 g/mol. The van der Waals surface area contributed by atoms with Crippen molar-refractivity contribution >= 4 is 18.3 Å². The molecule has 0 radical (unpaired) electrons. The normalized spacial score (nSPS) is 18.5. The average molecular weight is 287 g/mol. The van der Waals surface area contributed by atoms with Crippen molar-refractivity contribution in [3.8, 4) is 0 Å². The highest BCUT2D eigenvalue weighted by atomic mass is 35.5. The summed E-state index contributed by atoms with van der Waals surface area (Å²) < 4.78 is 13.5. The minimum Gasteiger partial charge on any atom is -0.340 e. The van der Waals surface area contributed by atoms with Crippen molar-refractivity contribution in [1.82, 2.24) is 10.2 Å². The van der Waals surface area contributed by atoms with Crippen LogP contribution in [0, 0.1) is 5.82 Å². The summed E-state index contributed by atoms with van der Waals surface area (Å²) in [5.41, 5.74) is 0.559.